The molecule has 0 aliphatic carbocycles. The van der Waals surface area contributed by atoms with Crippen LogP contribution in [0.2, 0.25) is 0 Å². The summed E-state index contributed by atoms with van der Waals surface area (Å²) in [6.07, 6.45) is 39.2. The highest BCUT2D eigenvalue weighted by molar-refractivity contribution is 7.87. The molecule has 1 unspecified atom stereocenters. The Morgan fingerprint density at radius 3 is 1.22 bits per heavy atom. The normalized spacial score (nSPS) is 12.5. The van der Waals surface area contributed by atoms with Crippen molar-refractivity contribution in [2.45, 2.75) is 265 Å². The molecular weight excluding hydrogens is 747 g/mol. The van der Waals surface area contributed by atoms with E-state index >= 15 is 0 Å². The van der Waals surface area contributed by atoms with E-state index in [2.05, 4.69) is 42.0 Å². The fraction of sp³-hybridized carbons (Fsp3) is 0.958. The van der Waals surface area contributed by atoms with Crippen LogP contribution < -0.4 is 9.44 Å². The molecule has 0 aliphatic rings. The van der Waals surface area contributed by atoms with Crippen LogP contribution in [-0.4, -0.2) is 70.7 Å². The Balaban J connectivity index is 4.47. The molecule has 1 atom stereocenters. The van der Waals surface area contributed by atoms with Crippen LogP contribution >= 0.6 is 0 Å². The van der Waals surface area contributed by atoms with Gasteiger partial charge in [-0.3, -0.25) is 9.59 Å². The van der Waals surface area contributed by atoms with E-state index in [0.717, 1.165) is 135 Å². The molecule has 0 aromatic heterocycles. The van der Waals surface area contributed by atoms with Crippen LogP contribution in [0.4, 0.5) is 0 Å². The second kappa shape index (κ2) is 42.5. The first-order valence-corrected chi connectivity index (χ1v) is 26.5. The van der Waals surface area contributed by atoms with Gasteiger partial charge < -0.3 is 14.4 Å². The van der Waals surface area contributed by atoms with E-state index < -0.39 is 10.2 Å². The molecule has 0 rings (SSSR count). The highest BCUT2D eigenvalue weighted by Crippen LogP contribution is 2.19. The fourth-order valence-electron chi connectivity index (χ4n) is 7.74. The van der Waals surface area contributed by atoms with Gasteiger partial charge in [0.25, 0.3) is 10.2 Å². The molecule has 0 spiro atoms. The van der Waals surface area contributed by atoms with Gasteiger partial charge in [0.15, 0.2) is 0 Å². The number of hydrogen-bond donors (Lipinski definition) is 2. The molecule has 58 heavy (non-hydrogen) atoms. The number of unbranched alkanes of at least 4 members (excludes halogenated alkanes) is 23. The summed E-state index contributed by atoms with van der Waals surface area (Å²) in [5.74, 6) is -0.0463. The molecule has 0 aromatic rings. The molecule has 9 nitrogen and oxygen atoms in total. The maximum atomic E-state index is 12.8. The van der Waals surface area contributed by atoms with Crippen LogP contribution in [0.5, 0.6) is 0 Å². The Morgan fingerprint density at radius 2 is 0.810 bits per heavy atom. The first-order valence-electron chi connectivity index (χ1n) is 25.0. The Morgan fingerprint density at radius 1 is 0.466 bits per heavy atom. The standard InChI is InChI=1S/C48H97N3O6S/c1-6-10-13-16-21-28-36-45(9-4)56-47(52)39-31-24-19-26-33-42-51(44-35-41-50-58(54,55)49-5)43-34-27-20-25-32-40-48(53)57-46(37-29-22-17-14-11-7-2)38-30-23-18-15-12-8-3/h45-46,49-50H,6-44H2,1-5H3. The lowest BCUT2D eigenvalue weighted by Gasteiger charge is -2.22. The first kappa shape index (κ1) is 56.8. The smallest absolute Gasteiger partial charge is 0.306 e. The van der Waals surface area contributed by atoms with E-state index in [1.807, 2.05) is 0 Å². The van der Waals surface area contributed by atoms with Crippen molar-refractivity contribution in [3.8, 4) is 0 Å². The third-order valence-electron chi connectivity index (χ3n) is 11.6. The zero-order valence-corrected chi connectivity index (χ0v) is 39.9. The van der Waals surface area contributed by atoms with E-state index in [4.69, 9.17) is 9.47 Å². The van der Waals surface area contributed by atoms with Gasteiger partial charge in [-0.05, 0) is 96.7 Å². The Hall–Kier alpha value is -1.23. The monoisotopic (exact) mass is 844 g/mol. The number of nitrogens with one attached hydrogen (secondary N) is 2. The summed E-state index contributed by atoms with van der Waals surface area (Å²) >= 11 is 0. The molecular formula is C48H97N3O6S. The Kier molecular flexibility index (Phi) is 41.6. The highest BCUT2D eigenvalue weighted by Gasteiger charge is 2.15. The van der Waals surface area contributed by atoms with Gasteiger partial charge in [0.2, 0.25) is 0 Å². The molecule has 0 amide bonds. The maximum Gasteiger partial charge on any atom is 0.306 e. The molecule has 0 saturated heterocycles. The Labute approximate surface area is 360 Å². The van der Waals surface area contributed by atoms with Crippen molar-refractivity contribution in [1.29, 1.82) is 0 Å². The summed E-state index contributed by atoms with van der Waals surface area (Å²) in [7, 11) is -1.99. The lowest BCUT2D eigenvalue weighted by Crippen LogP contribution is -2.36. The van der Waals surface area contributed by atoms with Gasteiger partial charge in [0.05, 0.1) is 0 Å². The predicted molar refractivity (Wildman–Crippen MR) is 246 cm³/mol. The van der Waals surface area contributed by atoms with E-state index in [0.29, 0.717) is 19.4 Å². The number of esters is 2. The highest BCUT2D eigenvalue weighted by atomic mass is 32.2. The molecule has 0 heterocycles. The van der Waals surface area contributed by atoms with Crippen molar-refractivity contribution in [3.63, 3.8) is 0 Å². The van der Waals surface area contributed by atoms with Crippen LogP contribution in [0.1, 0.15) is 252 Å². The van der Waals surface area contributed by atoms with Crippen LogP contribution in [0.15, 0.2) is 0 Å². The van der Waals surface area contributed by atoms with E-state index in [9.17, 15) is 18.0 Å². The summed E-state index contributed by atoms with van der Waals surface area (Å²) < 4.78 is 40.4. The molecule has 0 aromatic carbocycles. The van der Waals surface area contributed by atoms with Crippen molar-refractivity contribution < 1.29 is 27.5 Å². The topological polar surface area (TPSA) is 114 Å². The van der Waals surface area contributed by atoms with Crippen molar-refractivity contribution in [2.75, 3.05) is 33.2 Å². The number of rotatable bonds is 46. The third kappa shape index (κ3) is 38.9. The maximum absolute atomic E-state index is 12.8. The largest absolute Gasteiger partial charge is 0.462 e. The van der Waals surface area contributed by atoms with Gasteiger partial charge >= 0.3 is 11.9 Å². The van der Waals surface area contributed by atoms with Crippen molar-refractivity contribution in [1.82, 2.24) is 14.3 Å². The summed E-state index contributed by atoms with van der Waals surface area (Å²) in [5, 5.41) is 0. The average Bonchev–Trinajstić information content (AvgIpc) is 3.21. The lowest BCUT2D eigenvalue weighted by atomic mass is 10.0. The van der Waals surface area contributed by atoms with Gasteiger partial charge in [0.1, 0.15) is 12.2 Å². The van der Waals surface area contributed by atoms with E-state index in [1.54, 1.807) is 0 Å². The number of nitrogens with zero attached hydrogens (tertiary/aromatic N) is 1. The minimum absolute atomic E-state index is 0.00842. The number of carbonyl (C=O) groups excluding carboxylic acids is 2. The summed E-state index contributed by atoms with van der Waals surface area (Å²) in [4.78, 5) is 27.7. The summed E-state index contributed by atoms with van der Waals surface area (Å²) in [6.45, 7) is 12.1. The second-order valence-corrected chi connectivity index (χ2v) is 18.8. The first-order chi connectivity index (χ1) is 28.2. The predicted octanol–water partition coefficient (Wildman–Crippen LogP) is 12.9. The minimum atomic E-state index is -3.42. The molecule has 0 aliphatic heterocycles. The fourth-order valence-corrected chi connectivity index (χ4v) is 8.30. The molecule has 346 valence electrons. The Bertz CT molecular complexity index is 997. The summed E-state index contributed by atoms with van der Waals surface area (Å²) in [6, 6.07) is 0. The summed E-state index contributed by atoms with van der Waals surface area (Å²) in [5.41, 5.74) is 0. The zero-order chi connectivity index (χ0) is 42.8. The lowest BCUT2D eigenvalue weighted by molar-refractivity contribution is -0.150. The van der Waals surface area contributed by atoms with Crippen LogP contribution in [0.3, 0.4) is 0 Å². The minimum Gasteiger partial charge on any atom is -0.462 e. The van der Waals surface area contributed by atoms with Crippen molar-refractivity contribution in [3.05, 3.63) is 0 Å². The average molecular weight is 844 g/mol. The van der Waals surface area contributed by atoms with Gasteiger partial charge in [-0.2, -0.15) is 8.42 Å². The second-order valence-electron chi connectivity index (χ2n) is 17.1. The van der Waals surface area contributed by atoms with Gasteiger partial charge in [-0.1, -0.05) is 163 Å². The third-order valence-corrected chi connectivity index (χ3v) is 12.7. The molecule has 0 saturated carbocycles. The quantitative estimate of drug-likeness (QED) is 0.0463. The molecule has 0 bridgehead atoms. The molecule has 0 radical (unpaired) electrons. The van der Waals surface area contributed by atoms with Crippen molar-refractivity contribution >= 4 is 22.1 Å². The molecule has 10 heteroatoms. The van der Waals surface area contributed by atoms with Crippen LogP contribution in [0, 0.1) is 0 Å². The van der Waals surface area contributed by atoms with Crippen molar-refractivity contribution in [2.24, 2.45) is 0 Å². The van der Waals surface area contributed by atoms with Gasteiger partial charge in [-0.25, -0.2) is 9.44 Å². The van der Waals surface area contributed by atoms with Gasteiger partial charge in [0, 0.05) is 26.4 Å². The number of hydrogen-bond acceptors (Lipinski definition) is 7. The SMILES string of the molecule is CCCCCCCCC(CC)OC(=O)CCCCCCCN(CCCCCCCC(=O)OC(CCCCCCCC)CCCCCCCC)CCCNS(=O)(=O)NC. The van der Waals surface area contributed by atoms with Crippen LogP contribution in [0.25, 0.3) is 0 Å². The number of ether oxygens (including phenoxy) is 2. The van der Waals surface area contributed by atoms with Gasteiger partial charge in [-0.15, -0.1) is 0 Å². The number of carbonyl (C=O) groups is 2. The zero-order valence-electron chi connectivity index (χ0n) is 39.0. The van der Waals surface area contributed by atoms with E-state index in [-0.39, 0.29) is 24.1 Å². The van der Waals surface area contributed by atoms with E-state index in [1.165, 1.54) is 103 Å². The van der Waals surface area contributed by atoms with Crippen LogP contribution in [-0.2, 0) is 29.3 Å². The molecule has 2 N–H and O–H groups in total. The molecule has 0 fully saturated rings.